The van der Waals surface area contributed by atoms with Crippen LogP contribution >= 0.6 is 0 Å². The Labute approximate surface area is 94.3 Å². The molecule has 2 aromatic rings. The molecule has 0 fully saturated rings. The van der Waals surface area contributed by atoms with Crippen molar-refractivity contribution >= 4 is 12.4 Å². The summed E-state index contributed by atoms with van der Waals surface area (Å²) in [4.78, 5) is 14.4. The van der Waals surface area contributed by atoms with Crippen LogP contribution in [0.25, 0.3) is 17.2 Å². The average molecular weight is 209 g/mol. The van der Waals surface area contributed by atoms with Crippen molar-refractivity contribution in [1.29, 1.82) is 0 Å². The third kappa shape index (κ3) is 2.42. The second kappa shape index (κ2) is 5.03. The summed E-state index contributed by atoms with van der Waals surface area (Å²) in [6.45, 7) is 0. The molecule has 0 bridgehead atoms. The number of hydrogen-bond acceptors (Lipinski definition) is 2. The van der Waals surface area contributed by atoms with E-state index in [1.807, 2.05) is 42.5 Å². The number of pyridine rings is 1. The van der Waals surface area contributed by atoms with E-state index in [4.69, 9.17) is 0 Å². The van der Waals surface area contributed by atoms with Crippen molar-refractivity contribution in [3.05, 3.63) is 60.4 Å². The molecule has 1 aromatic heterocycles. The predicted molar refractivity (Wildman–Crippen MR) is 64.8 cm³/mol. The molecule has 1 aromatic carbocycles. The first-order valence-corrected chi connectivity index (χ1v) is 5.03. The Morgan fingerprint density at radius 2 is 1.75 bits per heavy atom. The van der Waals surface area contributed by atoms with Crippen LogP contribution in [0.3, 0.4) is 0 Å². The molecule has 0 spiro atoms. The normalized spacial score (nSPS) is 10.5. The SMILES string of the molecule is O=CC=Cc1ccc(-c2ccccc2)cn1. The van der Waals surface area contributed by atoms with Gasteiger partial charge >= 0.3 is 0 Å². The molecule has 0 amide bonds. The number of allylic oxidation sites excluding steroid dienone is 1. The van der Waals surface area contributed by atoms with Gasteiger partial charge in [-0.05, 0) is 23.8 Å². The first-order chi connectivity index (χ1) is 7.90. The van der Waals surface area contributed by atoms with E-state index in [0.29, 0.717) is 0 Å². The van der Waals surface area contributed by atoms with Crippen molar-refractivity contribution in [2.75, 3.05) is 0 Å². The van der Waals surface area contributed by atoms with Gasteiger partial charge in [0.25, 0.3) is 0 Å². The van der Waals surface area contributed by atoms with Gasteiger partial charge in [-0.15, -0.1) is 0 Å². The number of aromatic nitrogens is 1. The minimum atomic E-state index is 0.743. The molecule has 0 N–H and O–H groups in total. The van der Waals surface area contributed by atoms with E-state index >= 15 is 0 Å². The van der Waals surface area contributed by atoms with Gasteiger partial charge < -0.3 is 0 Å². The molecule has 0 atom stereocenters. The number of hydrogen-bond donors (Lipinski definition) is 0. The van der Waals surface area contributed by atoms with Crippen molar-refractivity contribution in [3.8, 4) is 11.1 Å². The van der Waals surface area contributed by atoms with Gasteiger partial charge in [-0.25, -0.2) is 0 Å². The molecule has 0 radical (unpaired) electrons. The minimum absolute atomic E-state index is 0.743. The van der Waals surface area contributed by atoms with Crippen LogP contribution in [-0.2, 0) is 4.79 Å². The number of aldehydes is 1. The second-order valence-electron chi connectivity index (χ2n) is 3.33. The van der Waals surface area contributed by atoms with Crippen LogP contribution in [0.4, 0.5) is 0 Å². The molecule has 16 heavy (non-hydrogen) atoms. The zero-order chi connectivity index (χ0) is 11.2. The van der Waals surface area contributed by atoms with E-state index in [0.717, 1.165) is 23.1 Å². The highest BCUT2D eigenvalue weighted by atomic mass is 16.1. The molecular formula is C14H11NO. The summed E-state index contributed by atoms with van der Waals surface area (Å²) in [7, 11) is 0. The largest absolute Gasteiger partial charge is 0.299 e. The third-order valence-electron chi connectivity index (χ3n) is 2.24. The number of nitrogens with zero attached hydrogens (tertiary/aromatic N) is 1. The molecule has 0 unspecified atom stereocenters. The third-order valence-corrected chi connectivity index (χ3v) is 2.24. The fourth-order valence-electron chi connectivity index (χ4n) is 1.44. The lowest BCUT2D eigenvalue weighted by Gasteiger charge is -2.00. The summed E-state index contributed by atoms with van der Waals surface area (Å²) >= 11 is 0. The van der Waals surface area contributed by atoms with Crippen molar-refractivity contribution < 1.29 is 4.79 Å². The van der Waals surface area contributed by atoms with Gasteiger partial charge in [0.15, 0.2) is 0 Å². The first kappa shape index (κ1) is 10.3. The lowest BCUT2D eigenvalue weighted by atomic mass is 10.1. The van der Waals surface area contributed by atoms with Crippen molar-refractivity contribution in [3.63, 3.8) is 0 Å². The van der Waals surface area contributed by atoms with Crippen LogP contribution in [0.1, 0.15) is 5.69 Å². The Balaban J connectivity index is 2.26. The molecule has 2 heteroatoms. The van der Waals surface area contributed by atoms with Crippen LogP contribution in [0.2, 0.25) is 0 Å². The van der Waals surface area contributed by atoms with Gasteiger partial charge in [-0.1, -0.05) is 36.4 Å². The van der Waals surface area contributed by atoms with Gasteiger partial charge in [-0.3, -0.25) is 9.78 Å². The van der Waals surface area contributed by atoms with Crippen molar-refractivity contribution in [2.24, 2.45) is 0 Å². The summed E-state index contributed by atoms with van der Waals surface area (Å²) in [6, 6.07) is 13.9. The zero-order valence-corrected chi connectivity index (χ0v) is 8.71. The molecular weight excluding hydrogens is 198 g/mol. The lowest BCUT2D eigenvalue weighted by Crippen LogP contribution is -1.82. The van der Waals surface area contributed by atoms with Gasteiger partial charge in [0, 0.05) is 11.8 Å². The number of rotatable bonds is 3. The van der Waals surface area contributed by atoms with Crippen LogP contribution < -0.4 is 0 Å². The molecule has 0 aliphatic rings. The van der Waals surface area contributed by atoms with Crippen molar-refractivity contribution in [2.45, 2.75) is 0 Å². The van der Waals surface area contributed by atoms with E-state index in [1.165, 1.54) is 6.08 Å². The molecule has 1 heterocycles. The Hall–Kier alpha value is -2.22. The molecule has 0 saturated carbocycles. The van der Waals surface area contributed by atoms with E-state index in [1.54, 1.807) is 12.3 Å². The highest BCUT2D eigenvalue weighted by Crippen LogP contribution is 2.17. The number of carbonyl (C=O) groups is 1. The Bertz CT molecular complexity index is 486. The van der Waals surface area contributed by atoms with Gasteiger partial charge in [0.05, 0.1) is 5.69 Å². The Morgan fingerprint density at radius 1 is 0.938 bits per heavy atom. The fourth-order valence-corrected chi connectivity index (χ4v) is 1.44. The molecule has 2 rings (SSSR count). The zero-order valence-electron chi connectivity index (χ0n) is 8.71. The first-order valence-electron chi connectivity index (χ1n) is 5.03. The van der Waals surface area contributed by atoms with Crippen LogP contribution in [-0.4, -0.2) is 11.3 Å². The maximum Gasteiger partial charge on any atom is 0.142 e. The molecule has 0 aliphatic heterocycles. The standard InChI is InChI=1S/C14H11NO/c16-10-4-7-14-9-8-13(11-15-14)12-5-2-1-3-6-12/h1-11H. The number of carbonyl (C=O) groups excluding carboxylic acids is 1. The summed E-state index contributed by atoms with van der Waals surface area (Å²) in [5.74, 6) is 0. The maximum atomic E-state index is 10.2. The van der Waals surface area contributed by atoms with Crippen molar-refractivity contribution in [1.82, 2.24) is 4.98 Å². The summed E-state index contributed by atoms with van der Waals surface area (Å²) < 4.78 is 0. The monoisotopic (exact) mass is 209 g/mol. The Kier molecular flexibility index (Phi) is 3.24. The van der Waals surface area contributed by atoms with E-state index in [9.17, 15) is 4.79 Å². The smallest absolute Gasteiger partial charge is 0.142 e. The molecule has 78 valence electrons. The summed E-state index contributed by atoms with van der Waals surface area (Å²) in [6.07, 6.45) is 5.67. The summed E-state index contributed by atoms with van der Waals surface area (Å²) in [5, 5.41) is 0. The lowest BCUT2D eigenvalue weighted by molar-refractivity contribution is -0.104. The maximum absolute atomic E-state index is 10.2. The van der Waals surface area contributed by atoms with Crippen LogP contribution in [0.15, 0.2) is 54.7 Å². The second-order valence-corrected chi connectivity index (χ2v) is 3.33. The summed E-state index contributed by atoms with van der Waals surface area (Å²) in [5.41, 5.74) is 3.00. The van der Waals surface area contributed by atoms with Gasteiger partial charge in [-0.2, -0.15) is 0 Å². The molecule has 0 aliphatic carbocycles. The molecule has 0 saturated heterocycles. The van der Waals surface area contributed by atoms with E-state index in [2.05, 4.69) is 4.98 Å². The van der Waals surface area contributed by atoms with Gasteiger partial charge in [0.1, 0.15) is 6.29 Å². The minimum Gasteiger partial charge on any atom is -0.299 e. The topological polar surface area (TPSA) is 30.0 Å². The highest BCUT2D eigenvalue weighted by molar-refractivity contribution is 5.73. The quantitative estimate of drug-likeness (QED) is 0.574. The molecule has 2 nitrogen and oxygen atoms in total. The van der Waals surface area contributed by atoms with E-state index in [-0.39, 0.29) is 0 Å². The van der Waals surface area contributed by atoms with Crippen LogP contribution in [0, 0.1) is 0 Å². The highest BCUT2D eigenvalue weighted by Gasteiger charge is 1.96. The fraction of sp³-hybridized carbons (Fsp3) is 0. The average Bonchev–Trinajstić information content (AvgIpc) is 2.38. The van der Waals surface area contributed by atoms with Crippen LogP contribution in [0.5, 0.6) is 0 Å². The predicted octanol–water partition coefficient (Wildman–Crippen LogP) is 2.96. The Morgan fingerprint density at radius 3 is 2.38 bits per heavy atom. The number of benzene rings is 1. The van der Waals surface area contributed by atoms with Gasteiger partial charge in [0.2, 0.25) is 0 Å². The van der Waals surface area contributed by atoms with E-state index < -0.39 is 0 Å².